The fourth-order valence-electron chi connectivity index (χ4n) is 3.50. The minimum Gasteiger partial charge on any atom is -0.497 e. The second-order valence-corrected chi connectivity index (χ2v) is 6.55. The molecular weight excluding hydrogens is 364 g/mol. The lowest BCUT2D eigenvalue weighted by Gasteiger charge is -2.37. The molecule has 1 aromatic heterocycles. The number of nitrogens with one attached hydrogen (secondary N) is 1. The van der Waals surface area contributed by atoms with E-state index >= 15 is 0 Å². The van der Waals surface area contributed by atoms with Gasteiger partial charge < -0.3 is 19.5 Å². The summed E-state index contributed by atoms with van der Waals surface area (Å²) in [7, 11) is 1.57. The summed E-state index contributed by atoms with van der Waals surface area (Å²) in [6, 6.07) is 13.7. The van der Waals surface area contributed by atoms with Gasteiger partial charge in [0, 0.05) is 30.7 Å². The van der Waals surface area contributed by atoms with Crippen molar-refractivity contribution in [1.82, 2.24) is 9.47 Å². The Labute approximate surface area is 161 Å². The smallest absolute Gasteiger partial charge is 0.322 e. The van der Waals surface area contributed by atoms with Gasteiger partial charge in [0.2, 0.25) is 0 Å². The lowest BCUT2D eigenvalue weighted by atomic mass is 10.00. The molecule has 0 aliphatic carbocycles. The Kier molecular flexibility index (Phi) is 4.73. The normalized spacial score (nSPS) is 15.8. The molecule has 0 fully saturated rings. The van der Waals surface area contributed by atoms with Crippen molar-refractivity contribution in [3.63, 3.8) is 0 Å². The van der Waals surface area contributed by atoms with Gasteiger partial charge in [-0.3, -0.25) is 0 Å². The van der Waals surface area contributed by atoms with Gasteiger partial charge in [-0.1, -0.05) is 6.07 Å². The average molecular weight is 383 g/mol. The molecule has 1 N–H and O–H groups in total. The Hall–Kier alpha value is -3.35. The van der Waals surface area contributed by atoms with Crippen LogP contribution >= 0.6 is 0 Å². The highest BCUT2D eigenvalue weighted by Gasteiger charge is 2.32. The Morgan fingerprint density at radius 3 is 2.57 bits per heavy atom. The van der Waals surface area contributed by atoms with E-state index in [0.29, 0.717) is 30.1 Å². The third-order valence-electron chi connectivity index (χ3n) is 4.90. The first-order valence-electron chi connectivity index (χ1n) is 8.88. The first kappa shape index (κ1) is 18.0. The number of carbonyl (C=O) groups excluding carboxylic acids is 1. The number of methoxy groups -OCH3 is 1. The number of hydrogen-bond donors (Lipinski definition) is 1. The zero-order valence-electron chi connectivity index (χ0n) is 15.2. The zero-order chi connectivity index (χ0) is 19.7. The predicted molar refractivity (Wildman–Crippen MR) is 101 cm³/mol. The molecule has 2 heterocycles. The number of aromatic nitrogens is 1. The van der Waals surface area contributed by atoms with Crippen molar-refractivity contribution in [3.05, 3.63) is 83.7 Å². The van der Waals surface area contributed by atoms with E-state index in [1.54, 1.807) is 36.3 Å². The van der Waals surface area contributed by atoms with E-state index in [1.807, 2.05) is 22.9 Å². The molecule has 0 saturated carbocycles. The third kappa shape index (κ3) is 3.31. The summed E-state index contributed by atoms with van der Waals surface area (Å²) in [5, 5.41) is 2.87. The van der Waals surface area contributed by atoms with E-state index in [-0.39, 0.29) is 6.03 Å². The molecule has 2 amide bonds. The standard InChI is InChI=1S/C21H19F2N3O2/c1-28-16-7-5-15(6-8-16)24-21(27)26-12-11-25-10-2-3-19(25)20(26)14-4-9-17(22)18(23)13-14/h2-10,13,20H,11-12H2,1H3,(H,24,27). The lowest BCUT2D eigenvalue weighted by molar-refractivity contribution is 0.181. The highest BCUT2D eigenvalue weighted by atomic mass is 19.2. The van der Waals surface area contributed by atoms with Crippen LogP contribution in [0.5, 0.6) is 5.75 Å². The molecule has 3 aromatic rings. The molecule has 7 heteroatoms. The Balaban J connectivity index is 1.65. The molecule has 5 nitrogen and oxygen atoms in total. The number of halogens is 2. The van der Waals surface area contributed by atoms with Crippen LogP contribution < -0.4 is 10.1 Å². The van der Waals surface area contributed by atoms with E-state index in [0.717, 1.165) is 17.8 Å². The van der Waals surface area contributed by atoms with Crippen LogP contribution in [-0.2, 0) is 6.54 Å². The van der Waals surface area contributed by atoms with Crippen molar-refractivity contribution < 1.29 is 18.3 Å². The number of amides is 2. The van der Waals surface area contributed by atoms with Gasteiger partial charge in [-0.25, -0.2) is 13.6 Å². The van der Waals surface area contributed by atoms with Gasteiger partial charge in [0.25, 0.3) is 0 Å². The van der Waals surface area contributed by atoms with Crippen LogP contribution in [0.15, 0.2) is 60.8 Å². The van der Waals surface area contributed by atoms with Crippen molar-refractivity contribution in [1.29, 1.82) is 0 Å². The van der Waals surface area contributed by atoms with Crippen LogP contribution in [0.3, 0.4) is 0 Å². The Morgan fingerprint density at radius 1 is 1.07 bits per heavy atom. The molecule has 1 atom stereocenters. The van der Waals surface area contributed by atoms with E-state index < -0.39 is 17.7 Å². The molecule has 1 aliphatic heterocycles. The Morgan fingerprint density at radius 2 is 1.86 bits per heavy atom. The van der Waals surface area contributed by atoms with Crippen molar-refractivity contribution in [2.45, 2.75) is 12.6 Å². The zero-order valence-corrected chi connectivity index (χ0v) is 15.2. The van der Waals surface area contributed by atoms with Gasteiger partial charge in [-0.05, 0) is 54.1 Å². The average Bonchev–Trinajstić information content (AvgIpc) is 3.19. The number of fused-ring (bicyclic) bond motifs is 1. The van der Waals surface area contributed by atoms with Crippen LogP contribution in [0.1, 0.15) is 17.3 Å². The van der Waals surface area contributed by atoms with E-state index in [1.165, 1.54) is 6.07 Å². The fraction of sp³-hybridized carbons (Fsp3) is 0.190. The van der Waals surface area contributed by atoms with Gasteiger partial charge in [-0.15, -0.1) is 0 Å². The molecule has 28 heavy (non-hydrogen) atoms. The minimum absolute atomic E-state index is 0.313. The van der Waals surface area contributed by atoms with Crippen molar-refractivity contribution >= 4 is 11.7 Å². The highest BCUT2D eigenvalue weighted by Crippen LogP contribution is 2.33. The summed E-state index contributed by atoms with van der Waals surface area (Å²) >= 11 is 0. The molecule has 0 bridgehead atoms. The number of hydrogen-bond acceptors (Lipinski definition) is 2. The molecule has 0 radical (unpaired) electrons. The number of benzene rings is 2. The molecule has 144 valence electrons. The maximum Gasteiger partial charge on any atom is 0.322 e. The molecule has 1 aliphatic rings. The third-order valence-corrected chi connectivity index (χ3v) is 4.90. The minimum atomic E-state index is -0.934. The topological polar surface area (TPSA) is 46.5 Å². The predicted octanol–water partition coefficient (Wildman–Crippen LogP) is 4.41. The second kappa shape index (κ2) is 7.34. The summed E-state index contributed by atoms with van der Waals surface area (Å²) in [4.78, 5) is 14.6. The fourth-order valence-corrected chi connectivity index (χ4v) is 3.50. The number of nitrogens with zero attached hydrogens (tertiary/aromatic N) is 2. The maximum absolute atomic E-state index is 13.9. The number of anilines is 1. The number of carbonyl (C=O) groups is 1. The summed E-state index contributed by atoms with van der Waals surface area (Å²) < 4.78 is 34.4. The van der Waals surface area contributed by atoms with Gasteiger partial charge in [0.05, 0.1) is 13.2 Å². The molecule has 1 unspecified atom stereocenters. The molecular formula is C21H19F2N3O2. The Bertz CT molecular complexity index is 1000. The maximum atomic E-state index is 13.9. The van der Waals surface area contributed by atoms with Gasteiger partial charge >= 0.3 is 6.03 Å². The van der Waals surface area contributed by atoms with E-state index in [4.69, 9.17) is 4.74 Å². The second-order valence-electron chi connectivity index (χ2n) is 6.55. The SMILES string of the molecule is COc1ccc(NC(=O)N2CCn3cccc3C2c2ccc(F)c(F)c2)cc1. The largest absolute Gasteiger partial charge is 0.497 e. The van der Waals surface area contributed by atoms with Crippen molar-refractivity contribution in [2.24, 2.45) is 0 Å². The van der Waals surface area contributed by atoms with Crippen LogP contribution in [0.25, 0.3) is 0 Å². The first-order valence-corrected chi connectivity index (χ1v) is 8.88. The molecule has 4 rings (SSSR count). The molecule has 0 saturated heterocycles. The van der Waals surface area contributed by atoms with Gasteiger partial charge in [0.1, 0.15) is 5.75 Å². The van der Waals surface area contributed by atoms with Crippen LogP contribution in [0.2, 0.25) is 0 Å². The van der Waals surface area contributed by atoms with Crippen LogP contribution in [0.4, 0.5) is 19.3 Å². The van der Waals surface area contributed by atoms with Crippen molar-refractivity contribution in [2.75, 3.05) is 19.0 Å². The van der Waals surface area contributed by atoms with Crippen LogP contribution in [-0.4, -0.2) is 29.2 Å². The summed E-state index contributed by atoms with van der Waals surface area (Å²) in [5.41, 5.74) is 1.99. The molecule has 2 aromatic carbocycles. The summed E-state index contributed by atoms with van der Waals surface area (Å²) in [6.45, 7) is 1.06. The van der Waals surface area contributed by atoms with E-state index in [2.05, 4.69) is 5.32 Å². The lowest BCUT2D eigenvalue weighted by Crippen LogP contribution is -2.44. The first-order chi connectivity index (χ1) is 13.6. The summed E-state index contributed by atoms with van der Waals surface area (Å²) in [6.07, 6.45) is 1.92. The molecule has 0 spiro atoms. The number of ether oxygens (including phenoxy) is 1. The van der Waals surface area contributed by atoms with Crippen molar-refractivity contribution in [3.8, 4) is 5.75 Å². The van der Waals surface area contributed by atoms with Gasteiger partial charge in [0.15, 0.2) is 11.6 Å². The summed E-state index contributed by atoms with van der Waals surface area (Å²) in [5.74, 6) is -1.16. The van der Waals surface area contributed by atoms with Crippen LogP contribution in [0, 0.1) is 11.6 Å². The van der Waals surface area contributed by atoms with Gasteiger partial charge in [-0.2, -0.15) is 0 Å². The quantitative estimate of drug-likeness (QED) is 0.728. The monoisotopic (exact) mass is 383 g/mol. The van der Waals surface area contributed by atoms with E-state index in [9.17, 15) is 13.6 Å². The number of rotatable bonds is 3. The number of urea groups is 1. The highest BCUT2D eigenvalue weighted by molar-refractivity contribution is 5.90.